The minimum atomic E-state index is -0.200. The number of anilines is 1. The van der Waals surface area contributed by atoms with Gasteiger partial charge in [0.25, 0.3) is 5.56 Å². The van der Waals surface area contributed by atoms with Crippen LogP contribution in [0.3, 0.4) is 0 Å². The molecule has 1 aromatic carbocycles. The Balaban J connectivity index is 0.000000956. The van der Waals surface area contributed by atoms with Crippen molar-refractivity contribution in [3.8, 4) is 0 Å². The lowest BCUT2D eigenvalue weighted by Crippen LogP contribution is -2.21. The smallest absolute Gasteiger partial charge is 0.266 e. The lowest BCUT2D eigenvalue weighted by atomic mass is 10.2. The second kappa shape index (κ2) is 6.68. The first-order valence-corrected chi connectivity index (χ1v) is 6.33. The first kappa shape index (κ1) is 15.7. The van der Waals surface area contributed by atoms with Crippen molar-refractivity contribution in [2.45, 2.75) is 6.92 Å². The predicted octanol–water partition coefficient (Wildman–Crippen LogP) is 3.49. The van der Waals surface area contributed by atoms with E-state index in [-0.39, 0.29) is 5.56 Å². The zero-order valence-electron chi connectivity index (χ0n) is 11.3. The van der Waals surface area contributed by atoms with Crippen molar-refractivity contribution in [2.75, 3.05) is 5.73 Å². The maximum atomic E-state index is 12.4. The van der Waals surface area contributed by atoms with Crippen molar-refractivity contribution in [3.05, 3.63) is 65.2 Å². The number of H-pyrrole nitrogens is 1. The van der Waals surface area contributed by atoms with Gasteiger partial charge in [-0.25, -0.2) is 0 Å². The van der Waals surface area contributed by atoms with E-state index < -0.39 is 0 Å². The van der Waals surface area contributed by atoms with Gasteiger partial charge in [0.2, 0.25) is 0 Å². The van der Waals surface area contributed by atoms with Crippen molar-refractivity contribution in [3.63, 3.8) is 0 Å². The molecule has 5 heteroatoms. The number of benzene rings is 1. The Morgan fingerprint density at radius 1 is 1.45 bits per heavy atom. The number of allylic oxidation sites excluding steroid dienone is 3. The van der Waals surface area contributed by atoms with Crippen LogP contribution < -0.4 is 11.3 Å². The fourth-order valence-electron chi connectivity index (χ4n) is 1.80. The molecule has 0 aliphatic carbocycles. The summed E-state index contributed by atoms with van der Waals surface area (Å²) in [6, 6.07) is 5.10. The Kier molecular flexibility index (Phi) is 5.23. The summed E-state index contributed by atoms with van der Waals surface area (Å²) >= 11 is 5.20. The summed E-state index contributed by atoms with van der Waals surface area (Å²) < 4.78 is 1.75. The second-order valence-corrected chi connectivity index (χ2v) is 4.18. The van der Waals surface area contributed by atoms with Gasteiger partial charge in [0.05, 0.1) is 10.9 Å². The zero-order valence-corrected chi connectivity index (χ0v) is 12.2. The van der Waals surface area contributed by atoms with Gasteiger partial charge in [-0.2, -0.15) is 0 Å². The van der Waals surface area contributed by atoms with E-state index >= 15 is 0 Å². The quantitative estimate of drug-likeness (QED) is 0.384. The predicted molar refractivity (Wildman–Crippen MR) is 89.2 cm³/mol. The van der Waals surface area contributed by atoms with Gasteiger partial charge in [-0.05, 0) is 43.4 Å². The number of aromatic amines is 1. The number of nitrogens with one attached hydrogen (secondary N) is 1. The van der Waals surface area contributed by atoms with Crippen LogP contribution >= 0.6 is 12.2 Å². The molecule has 0 aliphatic rings. The van der Waals surface area contributed by atoms with Crippen molar-refractivity contribution in [2.24, 2.45) is 0 Å². The SMILES string of the molecule is C=C.C=C/C(=C\C)n1c(=S)[nH]c2ccc(N)cc2c1=O. The number of rotatable bonds is 2. The summed E-state index contributed by atoms with van der Waals surface area (Å²) in [6.45, 7) is 11.5. The van der Waals surface area contributed by atoms with E-state index in [1.807, 2.05) is 6.92 Å². The highest BCUT2D eigenvalue weighted by molar-refractivity contribution is 7.71. The molecule has 0 amide bonds. The summed E-state index contributed by atoms with van der Waals surface area (Å²) in [5, 5.41) is 0.504. The normalized spacial score (nSPS) is 10.8. The van der Waals surface area contributed by atoms with Crippen LogP contribution in [0, 0.1) is 4.77 Å². The molecule has 0 atom stereocenters. The summed E-state index contributed by atoms with van der Waals surface area (Å²) in [5.41, 5.74) is 7.36. The summed E-state index contributed by atoms with van der Waals surface area (Å²) in [6.07, 6.45) is 3.36. The summed E-state index contributed by atoms with van der Waals surface area (Å²) in [4.78, 5) is 15.4. The molecule has 0 fully saturated rings. The van der Waals surface area contributed by atoms with Gasteiger partial charge in [-0.3, -0.25) is 9.36 Å². The minimum absolute atomic E-state index is 0.200. The molecule has 0 saturated carbocycles. The number of nitrogen functional groups attached to an aromatic ring is 1. The van der Waals surface area contributed by atoms with Crippen LogP contribution in [0.1, 0.15) is 6.92 Å². The minimum Gasteiger partial charge on any atom is -0.399 e. The van der Waals surface area contributed by atoms with Gasteiger partial charge in [0.15, 0.2) is 4.77 Å². The second-order valence-electron chi connectivity index (χ2n) is 3.79. The van der Waals surface area contributed by atoms with Crippen LogP contribution in [0.25, 0.3) is 16.6 Å². The van der Waals surface area contributed by atoms with E-state index in [9.17, 15) is 4.79 Å². The Morgan fingerprint density at radius 2 is 2.10 bits per heavy atom. The third-order valence-corrected chi connectivity index (χ3v) is 2.97. The number of nitrogens with two attached hydrogens (primary N) is 1. The Labute approximate surface area is 122 Å². The lowest BCUT2D eigenvalue weighted by Gasteiger charge is -2.08. The first-order chi connectivity index (χ1) is 9.58. The fourth-order valence-corrected chi connectivity index (χ4v) is 2.10. The van der Waals surface area contributed by atoms with Gasteiger partial charge in [-0.15, -0.1) is 13.2 Å². The van der Waals surface area contributed by atoms with Gasteiger partial charge < -0.3 is 10.7 Å². The van der Waals surface area contributed by atoms with Gasteiger partial charge >= 0.3 is 0 Å². The largest absolute Gasteiger partial charge is 0.399 e. The molecule has 0 radical (unpaired) electrons. The van der Waals surface area contributed by atoms with Gasteiger partial charge in [-0.1, -0.05) is 12.7 Å². The molecule has 2 aromatic rings. The van der Waals surface area contributed by atoms with Crippen LogP contribution in [0.2, 0.25) is 0 Å². The van der Waals surface area contributed by atoms with Crippen LogP contribution in [0.4, 0.5) is 5.69 Å². The van der Waals surface area contributed by atoms with E-state index in [0.717, 1.165) is 0 Å². The third-order valence-electron chi connectivity index (χ3n) is 2.68. The molecule has 4 nitrogen and oxygen atoms in total. The lowest BCUT2D eigenvalue weighted by molar-refractivity contribution is 0.969. The van der Waals surface area contributed by atoms with Crippen molar-refractivity contribution in [1.29, 1.82) is 0 Å². The topological polar surface area (TPSA) is 63.8 Å². The fraction of sp³-hybridized carbons (Fsp3) is 0.0667. The number of hydrogen-bond donors (Lipinski definition) is 2. The molecule has 0 bridgehead atoms. The maximum Gasteiger partial charge on any atom is 0.266 e. The monoisotopic (exact) mass is 287 g/mol. The Bertz CT molecular complexity index is 784. The summed E-state index contributed by atoms with van der Waals surface area (Å²) in [5.74, 6) is 0. The van der Waals surface area contributed by atoms with Crippen LogP contribution in [0.5, 0.6) is 0 Å². The Hall–Kier alpha value is -2.40. The standard InChI is InChI=1S/C13H13N3OS.C2H4/c1-3-9(4-2)16-12(17)10-7-8(14)5-6-11(10)15-13(16)18;1-2/h3-7H,1,14H2,2H3,(H,15,18);1-2H2/b9-4+;. The molecule has 0 spiro atoms. The number of fused-ring (bicyclic) bond motifs is 1. The average Bonchev–Trinajstić information content (AvgIpc) is 2.46. The highest BCUT2D eigenvalue weighted by atomic mass is 32.1. The molecule has 0 aliphatic heterocycles. The molecule has 3 N–H and O–H groups in total. The Morgan fingerprint density at radius 3 is 2.65 bits per heavy atom. The number of nitrogens with zero attached hydrogens (tertiary/aromatic N) is 1. The third kappa shape index (κ3) is 2.78. The van der Waals surface area contributed by atoms with E-state index in [1.54, 1.807) is 30.4 Å². The number of hydrogen-bond acceptors (Lipinski definition) is 3. The maximum absolute atomic E-state index is 12.4. The molecule has 0 unspecified atom stereocenters. The van der Waals surface area contributed by atoms with Crippen LogP contribution in [-0.4, -0.2) is 9.55 Å². The van der Waals surface area contributed by atoms with E-state index in [4.69, 9.17) is 18.0 Å². The van der Waals surface area contributed by atoms with Crippen LogP contribution in [-0.2, 0) is 0 Å². The highest BCUT2D eigenvalue weighted by Crippen LogP contribution is 2.13. The van der Waals surface area contributed by atoms with E-state index in [1.165, 1.54) is 4.57 Å². The van der Waals surface area contributed by atoms with E-state index in [0.29, 0.717) is 27.1 Å². The number of aromatic nitrogens is 2. The van der Waals surface area contributed by atoms with Crippen molar-refractivity contribution < 1.29 is 0 Å². The molecule has 104 valence electrons. The highest BCUT2D eigenvalue weighted by Gasteiger charge is 2.07. The molecular weight excluding hydrogens is 270 g/mol. The molecule has 1 heterocycles. The van der Waals surface area contributed by atoms with Gasteiger partial charge in [0, 0.05) is 11.4 Å². The van der Waals surface area contributed by atoms with Crippen molar-refractivity contribution >= 4 is 34.5 Å². The molecule has 2 rings (SSSR count). The van der Waals surface area contributed by atoms with Gasteiger partial charge in [0.1, 0.15) is 0 Å². The first-order valence-electron chi connectivity index (χ1n) is 5.92. The average molecular weight is 287 g/mol. The zero-order chi connectivity index (χ0) is 15.3. The molecule has 0 saturated heterocycles. The molecule has 1 aromatic heterocycles. The molecule has 20 heavy (non-hydrogen) atoms. The summed E-state index contributed by atoms with van der Waals surface area (Å²) in [7, 11) is 0. The van der Waals surface area contributed by atoms with Crippen LogP contribution in [0.15, 0.2) is 54.9 Å². The molecular formula is C15H17N3OS. The van der Waals surface area contributed by atoms with E-state index in [2.05, 4.69) is 24.7 Å². The van der Waals surface area contributed by atoms with Crippen molar-refractivity contribution in [1.82, 2.24) is 9.55 Å².